The molecule has 2 atom stereocenters. The molecule has 2 aliphatic rings. The van der Waals surface area contributed by atoms with Gasteiger partial charge in [0.05, 0.1) is 0 Å². The van der Waals surface area contributed by atoms with Crippen molar-refractivity contribution < 1.29 is 9.53 Å². The molecule has 0 bridgehead atoms. The zero-order valence-electron chi connectivity index (χ0n) is 8.46. The molecular weight excluding hydrogens is 246 g/mol. The standard InChI is InChI=1S/C10H16BrNO2/c1-10(4-2-6-14-10)9(13)12-5-3-8(11)7-12/h8H,2-7H2,1H3. The van der Waals surface area contributed by atoms with Gasteiger partial charge < -0.3 is 9.64 Å². The van der Waals surface area contributed by atoms with Crippen LogP contribution in [0.3, 0.4) is 0 Å². The Morgan fingerprint density at radius 2 is 2.43 bits per heavy atom. The minimum absolute atomic E-state index is 0.178. The van der Waals surface area contributed by atoms with Crippen LogP contribution in [0.4, 0.5) is 0 Å². The first-order chi connectivity index (χ1) is 6.62. The summed E-state index contributed by atoms with van der Waals surface area (Å²) in [6.45, 7) is 4.35. The maximum atomic E-state index is 12.1. The lowest BCUT2D eigenvalue weighted by Crippen LogP contribution is -2.45. The number of halogens is 1. The smallest absolute Gasteiger partial charge is 0.254 e. The summed E-state index contributed by atoms with van der Waals surface area (Å²) in [5, 5.41) is 0. The summed E-state index contributed by atoms with van der Waals surface area (Å²) in [6.07, 6.45) is 2.94. The summed E-state index contributed by atoms with van der Waals surface area (Å²) in [5.41, 5.74) is -0.531. The number of carbonyl (C=O) groups excluding carboxylic acids is 1. The molecule has 3 nitrogen and oxygen atoms in total. The molecule has 2 rings (SSSR count). The van der Waals surface area contributed by atoms with Gasteiger partial charge in [0.2, 0.25) is 0 Å². The zero-order chi connectivity index (χ0) is 10.2. The summed E-state index contributed by atoms with van der Waals surface area (Å²) in [6, 6.07) is 0. The van der Waals surface area contributed by atoms with E-state index in [1.165, 1.54) is 0 Å². The first kappa shape index (κ1) is 10.4. The molecule has 0 radical (unpaired) electrons. The first-order valence-corrected chi connectivity index (χ1v) is 6.11. The molecule has 1 amide bonds. The molecule has 2 heterocycles. The highest BCUT2D eigenvalue weighted by Crippen LogP contribution is 2.29. The Bertz CT molecular complexity index is 238. The molecule has 2 saturated heterocycles. The lowest BCUT2D eigenvalue weighted by atomic mass is 10.0. The molecule has 0 N–H and O–H groups in total. The summed E-state index contributed by atoms with van der Waals surface area (Å²) in [4.78, 5) is 14.5. The van der Waals surface area contributed by atoms with Gasteiger partial charge in [-0.15, -0.1) is 0 Å². The van der Waals surface area contributed by atoms with Crippen molar-refractivity contribution in [3.8, 4) is 0 Å². The lowest BCUT2D eigenvalue weighted by Gasteiger charge is -2.27. The molecule has 0 aliphatic carbocycles. The normalized spacial score (nSPS) is 37.9. The number of nitrogens with zero attached hydrogens (tertiary/aromatic N) is 1. The molecule has 0 saturated carbocycles. The predicted molar refractivity (Wildman–Crippen MR) is 57.5 cm³/mol. The Balaban J connectivity index is 2.00. The second-order valence-electron chi connectivity index (χ2n) is 4.32. The third-order valence-electron chi connectivity index (χ3n) is 3.09. The molecule has 4 heteroatoms. The largest absolute Gasteiger partial charge is 0.365 e. The van der Waals surface area contributed by atoms with Gasteiger partial charge in [0.15, 0.2) is 0 Å². The summed E-state index contributed by atoms with van der Waals surface area (Å²) < 4.78 is 5.54. The Morgan fingerprint density at radius 1 is 1.64 bits per heavy atom. The van der Waals surface area contributed by atoms with E-state index < -0.39 is 5.60 Å². The molecule has 0 aromatic rings. The Hall–Kier alpha value is -0.0900. The third kappa shape index (κ3) is 1.82. The van der Waals surface area contributed by atoms with Gasteiger partial charge in [0, 0.05) is 24.5 Å². The van der Waals surface area contributed by atoms with Crippen molar-refractivity contribution in [2.45, 2.75) is 36.6 Å². The minimum Gasteiger partial charge on any atom is -0.365 e. The summed E-state index contributed by atoms with van der Waals surface area (Å²) in [7, 11) is 0. The van der Waals surface area contributed by atoms with E-state index in [2.05, 4.69) is 15.9 Å². The van der Waals surface area contributed by atoms with Crippen molar-refractivity contribution in [1.82, 2.24) is 4.90 Å². The number of amides is 1. The van der Waals surface area contributed by atoms with Gasteiger partial charge in [-0.05, 0) is 26.2 Å². The number of carbonyl (C=O) groups is 1. The number of rotatable bonds is 1. The highest BCUT2D eigenvalue weighted by Gasteiger charge is 2.42. The van der Waals surface area contributed by atoms with Gasteiger partial charge in [-0.25, -0.2) is 0 Å². The fourth-order valence-corrected chi connectivity index (χ4v) is 2.74. The monoisotopic (exact) mass is 261 g/mol. The summed E-state index contributed by atoms with van der Waals surface area (Å²) >= 11 is 3.54. The van der Waals surface area contributed by atoms with Crippen LogP contribution in [0.5, 0.6) is 0 Å². The molecule has 80 valence electrons. The van der Waals surface area contributed by atoms with Crippen LogP contribution in [0.1, 0.15) is 26.2 Å². The second kappa shape index (κ2) is 3.81. The second-order valence-corrected chi connectivity index (χ2v) is 5.61. The van der Waals surface area contributed by atoms with Crippen LogP contribution in [-0.2, 0) is 9.53 Å². The fraction of sp³-hybridized carbons (Fsp3) is 0.900. The van der Waals surface area contributed by atoms with Crippen molar-refractivity contribution in [2.24, 2.45) is 0 Å². The molecule has 2 unspecified atom stereocenters. The van der Waals surface area contributed by atoms with Crippen LogP contribution < -0.4 is 0 Å². The van der Waals surface area contributed by atoms with Gasteiger partial charge in [-0.2, -0.15) is 0 Å². The van der Waals surface area contributed by atoms with Crippen molar-refractivity contribution in [3.05, 3.63) is 0 Å². The number of ether oxygens (including phenoxy) is 1. The molecular formula is C10H16BrNO2. The molecule has 14 heavy (non-hydrogen) atoms. The average molecular weight is 262 g/mol. The molecule has 2 fully saturated rings. The third-order valence-corrected chi connectivity index (χ3v) is 3.84. The van der Waals surface area contributed by atoms with E-state index in [9.17, 15) is 4.79 Å². The van der Waals surface area contributed by atoms with Gasteiger partial charge in [0.25, 0.3) is 5.91 Å². The quantitative estimate of drug-likeness (QED) is 0.671. The van der Waals surface area contributed by atoms with Gasteiger partial charge in [-0.1, -0.05) is 15.9 Å². The number of hydrogen-bond donors (Lipinski definition) is 0. The van der Waals surface area contributed by atoms with Crippen molar-refractivity contribution in [1.29, 1.82) is 0 Å². The maximum Gasteiger partial charge on any atom is 0.254 e. The SMILES string of the molecule is CC1(C(=O)N2CCC(Br)C2)CCCO1. The van der Waals surface area contributed by atoms with Gasteiger partial charge in [0.1, 0.15) is 5.60 Å². The van der Waals surface area contributed by atoms with Crippen LogP contribution in [-0.4, -0.2) is 40.9 Å². The van der Waals surface area contributed by atoms with Crippen LogP contribution in [0.2, 0.25) is 0 Å². The van der Waals surface area contributed by atoms with Crippen molar-refractivity contribution >= 4 is 21.8 Å². The van der Waals surface area contributed by atoms with Crippen LogP contribution in [0.15, 0.2) is 0 Å². The Morgan fingerprint density at radius 3 is 2.93 bits per heavy atom. The zero-order valence-corrected chi connectivity index (χ0v) is 10.0. The number of likely N-dealkylation sites (tertiary alicyclic amines) is 1. The molecule has 2 aliphatic heterocycles. The molecule has 0 spiro atoms. The van der Waals surface area contributed by atoms with E-state index in [1.54, 1.807) is 0 Å². The first-order valence-electron chi connectivity index (χ1n) is 5.19. The van der Waals surface area contributed by atoms with Crippen LogP contribution in [0.25, 0.3) is 0 Å². The van der Waals surface area contributed by atoms with Crippen molar-refractivity contribution in [2.75, 3.05) is 19.7 Å². The van der Waals surface area contributed by atoms with Crippen LogP contribution >= 0.6 is 15.9 Å². The lowest BCUT2D eigenvalue weighted by molar-refractivity contribution is -0.149. The Labute approximate surface area is 92.9 Å². The number of hydrogen-bond acceptors (Lipinski definition) is 2. The Kier molecular flexibility index (Phi) is 2.84. The molecule has 0 aromatic heterocycles. The summed E-state index contributed by atoms with van der Waals surface area (Å²) in [5.74, 6) is 0.178. The predicted octanol–water partition coefficient (Wildman–Crippen LogP) is 1.55. The fourth-order valence-electron chi connectivity index (χ4n) is 2.18. The van der Waals surface area contributed by atoms with Crippen molar-refractivity contribution in [3.63, 3.8) is 0 Å². The van der Waals surface area contributed by atoms with E-state index >= 15 is 0 Å². The van der Waals surface area contributed by atoms with E-state index in [4.69, 9.17) is 4.74 Å². The van der Waals surface area contributed by atoms with Crippen LogP contribution in [0, 0.1) is 0 Å². The molecule has 0 aromatic carbocycles. The minimum atomic E-state index is -0.531. The van der Waals surface area contributed by atoms with E-state index in [0.29, 0.717) is 4.83 Å². The highest BCUT2D eigenvalue weighted by atomic mass is 79.9. The van der Waals surface area contributed by atoms with E-state index in [0.717, 1.165) is 39.0 Å². The van der Waals surface area contributed by atoms with E-state index in [1.807, 2.05) is 11.8 Å². The average Bonchev–Trinajstić information content (AvgIpc) is 2.74. The maximum absolute atomic E-state index is 12.1. The van der Waals surface area contributed by atoms with Gasteiger partial charge >= 0.3 is 0 Å². The van der Waals surface area contributed by atoms with Gasteiger partial charge in [-0.3, -0.25) is 4.79 Å². The number of alkyl halides is 1. The topological polar surface area (TPSA) is 29.5 Å². The highest BCUT2D eigenvalue weighted by molar-refractivity contribution is 9.09. The van der Waals surface area contributed by atoms with E-state index in [-0.39, 0.29) is 5.91 Å².